The van der Waals surface area contributed by atoms with Gasteiger partial charge in [0, 0.05) is 18.2 Å². The Hall–Kier alpha value is -2.74. The van der Waals surface area contributed by atoms with Crippen molar-refractivity contribution < 1.29 is 13.9 Å². The Morgan fingerprint density at radius 2 is 2.04 bits per heavy atom. The molecule has 0 unspecified atom stereocenters. The largest absolute Gasteiger partial charge is 0.409 e. The zero-order valence-electron chi connectivity index (χ0n) is 14.7. The van der Waals surface area contributed by atoms with E-state index in [9.17, 15) is 13.9 Å². The molecule has 134 valence electrons. The minimum absolute atomic E-state index is 0.0447. The first-order valence-electron chi connectivity index (χ1n) is 8.03. The van der Waals surface area contributed by atoms with Crippen LogP contribution in [0.15, 0.2) is 23.3 Å². The summed E-state index contributed by atoms with van der Waals surface area (Å²) in [5.74, 6) is -1.42. The lowest BCUT2D eigenvalue weighted by Gasteiger charge is -2.18. The summed E-state index contributed by atoms with van der Waals surface area (Å²) >= 11 is 0. The maximum Gasteiger partial charge on any atom is 0.238 e. The standard InChI is InChI=1S/C17H15B2F2N5O/c1-3-23-14-8(2)4-9(5-10(14)20)13-11(21)7-26-15(13)12(6-17(18,19)27)24-16(22)25-26/h3-5,7,27H,6H2,1-2H3,(H2,22,25). The molecule has 0 saturated carbocycles. The molecule has 6 nitrogen and oxygen atoms in total. The van der Waals surface area contributed by atoms with Gasteiger partial charge >= 0.3 is 0 Å². The summed E-state index contributed by atoms with van der Waals surface area (Å²) in [4.78, 5) is 8.00. The van der Waals surface area contributed by atoms with E-state index in [1.165, 1.54) is 16.8 Å². The van der Waals surface area contributed by atoms with Crippen molar-refractivity contribution in [3.05, 3.63) is 41.2 Å². The molecule has 3 N–H and O–H groups in total. The summed E-state index contributed by atoms with van der Waals surface area (Å²) in [7, 11) is 10.9. The van der Waals surface area contributed by atoms with E-state index in [2.05, 4.69) is 15.1 Å². The summed E-state index contributed by atoms with van der Waals surface area (Å²) in [5, 5.41) is 11.6. The number of benzene rings is 1. The Bertz CT molecular complexity index is 1040. The number of hydrogen-bond acceptors (Lipinski definition) is 5. The Kier molecular flexibility index (Phi) is 4.77. The van der Waals surface area contributed by atoms with Crippen LogP contribution in [-0.2, 0) is 6.42 Å². The van der Waals surface area contributed by atoms with E-state index in [-0.39, 0.29) is 40.4 Å². The predicted octanol–water partition coefficient (Wildman–Crippen LogP) is 1.81. The second-order valence-electron chi connectivity index (χ2n) is 6.24. The number of aromatic nitrogens is 3. The van der Waals surface area contributed by atoms with E-state index in [0.717, 1.165) is 6.20 Å². The number of halogens is 2. The van der Waals surface area contributed by atoms with Gasteiger partial charge in [-0.1, -0.05) is 0 Å². The van der Waals surface area contributed by atoms with E-state index in [4.69, 9.17) is 21.4 Å². The van der Waals surface area contributed by atoms with Gasteiger partial charge in [-0.2, -0.15) is 0 Å². The minimum atomic E-state index is -2.10. The van der Waals surface area contributed by atoms with Crippen LogP contribution >= 0.6 is 0 Å². The molecule has 4 radical (unpaired) electrons. The number of fused-ring (bicyclic) bond motifs is 1. The molecule has 0 aliphatic carbocycles. The van der Waals surface area contributed by atoms with Crippen molar-refractivity contribution in [3.63, 3.8) is 0 Å². The fourth-order valence-corrected chi connectivity index (χ4v) is 2.98. The van der Waals surface area contributed by atoms with Crippen LogP contribution in [0.4, 0.5) is 20.4 Å². The van der Waals surface area contributed by atoms with Gasteiger partial charge < -0.3 is 10.8 Å². The fourth-order valence-electron chi connectivity index (χ4n) is 2.98. The average molecular weight is 365 g/mol. The Morgan fingerprint density at radius 1 is 1.33 bits per heavy atom. The van der Waals surface area contributed by atoms with Crippen molar-refractivity contribution in [2.75, 3.05) is 5.73 Å². The molecule has 0 bridgehead atoms. The number of rotatable bonds is 4. The number of nitrogens with two attached hydrogens (primary N) is 1. The normalized spacial score (nSPS) is 12.3. The molecule has 0 amide bonds. The number of aliphatic hydroxyl groups is 1. The Morgan fingerprint density at radius 3 is 2.63 bits per heavy atom. The lowest BCUT2D eigenvalue weighted by molar-refractivity contribution is 0.213. The third kappa shape index (κ3) is 3.71. The van der Waals surface area contributed by atoms with Crippen molar-refractivity contribution in [2.45, 2.75) is 25.7 Å². The fraction of sp³-hybridized carbons (Fsp3) is 0.235. The van der Waals surface area contributed by atoms with E-state index < -0.39 is 17.0 Å². The number of aliphatic imine (C=N–C) groups is 1. The lowest BCUT2D eigenvalue weighted by Crippen LogP contribution is -2.33. The number of nitrogens with zero attached hydrogens (tertiary/aromatic N) is 4. The Balaban J connectivity index is 2.31. The number of nitrogen functional groups attached to an aromatic ring is 1. The smallest absolute Gasteiger partial charge is 0.238 e. The predicted molar refractivity (Wildman–Crippen MR) is 101 cm³/mol. The molecule has 3 aromatic rings. The van der Waals surface area contributed by atoms with Crippen molar-refractivity contribution in [1.29, 1.82) is 0 Å². The molecule has 0 atom stereocenters. The molecule has 0 aliphatic heterocycles. The van der Waals surface area contributed by atoms with E-state index >= 15 is 0 Å². The van der Waals surface area contributed by atoms with Gasteiger partial charge in [-0.15, -0.1) is 5.10 Å². The highest BCUT2D eigenvalue weighted by Crippen LogP contribution is 2.35. The van der Waals surface area contributed by atoms with Crippen molar-refractivity contribution in [2.24, 2.45) is 4.99 Å². The molecule has 0 saturated heterocycles. The van der Waals surface area contributed by atoms with E-state index in [0.29, 0.717) is 5.56 Å². The van der Waals surface area contributed by atoms with Gasteiger partial charge in [0.05, 0.1) is 33.1 Å². The van der Waals surface area contributed by atoms with Gasteiger partial charge in [0.1, 0.15) is 11.5 Å². The molecule has 0 fully saturated rings. The van der Waals surface area contributed by atoms with Crippen LogP contribution in [0.2, 0.25) is 0 Å². The topological polar surface area (TPSA) is 88.8 Å². The third-order valence-electron chi connectivity index (χ3n) is 3.92. The average Bonchev–Trinajstić information content (AvgIpc) is 2.85. The summed E-state index contributed by atoms with van der Waals surface area (Å²) < 4.78 is 30.4. The van der Waals surface area contributed by atoms with Crippen molar-refractivity contribution in [1.82, 2.24) is 14.6 Å². The van der Waals surface area contributed by atoms with Gasteiger partial charge in [0.15, 0.2) is 5.82 Å². The number of anilines is 1. The van der Waals surface area contributed by atoms with Crippen LogP contribution < -0.4 is 5.73 Å². The number of hydrogen-bond donors (Lipinski definition) is 2. The van der Waals surface area contributed by atoms with Crippen LogP contribution in [0.5, 0.6) is 0 Å². The molecule has 27 heavy (non-hydrogen) atoms. The molecule has 0 spiro atoms. The summed E-state index contributed by atoms with van der Waals surface area (Å²) in [5.41, 5.74) is 6.94. The summed E-state index contributed by atoms with van der Waals surface area (Å²) in [6, 6.07) is 2.77. The maximum atomic E-state index is 14.7. The lowest BCUT2D eigenvalue weighted by atomic mass is 9.63. The second-order valence-corrected chi connectivity index (χ2v) is 6.24. The van der Waals surface area contributed by atoms with Crippen LogP contribution in [0.25, 0.3) is 16.6 Å². The van der Waals surface area contributed by atoms with Gasteiger partial charge in [0.2, 0.25) is 5.95 Å². The molecular weight excluding hydrogens is 350 g/mol. The molecule has 0 aliphatic rings. The summed E-state index contributed by atoms with van der Waals surface area (Å²) in [6.45, 7) is 3.33. The van der Waals surface area contributed by atoms with Gasteiger partial charge in [-0.3, -0.25) is 4.99 Å². The van der Waals surface area contributed by atoms with Gasteiger partial charge in [-0.25, -0.2) is 18.3 Å². The Labute approximate surface area is 157 Å². The third-order valence-corrected chi connectivity index (χ3v) is 3.92. The number of aryl methyl sites for hydroxylation is 1. The molecule has 1 aromatic carbocycles. The van der Waals surface area contributed by atoms with E-state index in [1.54, 1.807) is 19.9 Å². The van der Waals surface area contributed by atoms with Gasteiger partial charge in [0.25, 0.3) is 0 Å². The van der Waals surface area contributed by atoms with Crippen LogP contribution in [0, 0.1) is 18.6 Å². The van der Waals surface area contributed by atoms with Crippen molar-refractivity contribution >= 4 is 39.1 Å². The highest BCUT2D eigenvalue weighted by molar-refractivity contribution is 6.38. The van der Waals surface area contributed by atoms with Crippen LogP contribution in [-0.4, -0.2) is 47.0 Å². The first-order valence-corrected chi connectivity index (χ1v) is 8.03. The van der Waals surface area contributed by atoms with Crippen molar-refractivity contribution in [3.8, 4) is 11.1 Å². The molecule has 10 heteroatoms. The van der Waals surface area contributed by atoms with Gasteiger partial charge in [-0.05, 0) is 42.5 Å². The monoisotopic (exact) mass is 365 g/mol. The highest BCUT2D eigenvalue weighted by atomic mass is 19.1. The van der Waals surface area contributed by atoms with Crippen LogP contribution in [0.1, 0.15) is 18.2 Å². The second kappa shape index (κ2) is 6.77. The molecule has 2 aromatic heterocycles. The van der Waals surface area contributed by atoms with E-state index in [1.807, 2.05) is 0 Å². The zero-order valence-corrected chi connectivity index (χ0v) is 14.7. The first kappa shape index (κ1) is 19.0. The first-order chi connectivity index (χ1) is 12.6. The zero-order chi connectivity index (χ0) is 19.9. The molecule has 2 heterocycles. The highest BCUT2D eigenvalue weighted by Gasteiger charge is 2.23. The molecular formula is C17H15B2F2N5O. The SMILES string of the molecule is [B]C([B])(O)Cc1nc(N)nn2cc(F)c(-c3cc(C)c(N=CC)c(F)c3)c12. The minimum Gasteiger partial charge on any atom is -0.409 e. The maximum absolute atomic E-state index is 14.7. The quantitative estimate of drug-likeness (QED) is 0.545. The van der Waals surface area contributed by atoms with Crippen LogP contribution in [0.3, 0.4) is 0 Å². The summed E-state index contributed by atoms with van der Waals surface area (Å²) in [6.07, 6.45) is 2.24. The molecule has 3 rings (SSSR count).